The maximum absolute atomic E-state index is 13.9. The van der Waals surface area contributed by atoms with E-state index in [1.807, 2.05) is 19.1 Å². The van der Waals surface area contributed by atoms with Crippen molar-refractivity contribution >= 4 is 0 Å². The molecule has 0 unspecified atom stereocenters. The van der Waals surface area contributed by atoms with E-state index < -0.39 is 0 Å². The Hall–Kier alpha value is -1.19. The van der Waals surface area contributed by atoms with Crippen LogP contribution in [0.4, 0.5) is 4.39 Å². The van der Waals surface area contributed by atoms with Crippen LogP contribution < -0.4 is 5.32 Å². The molecule has 1 aromatic carbocycles. The van der Waals surface area contributed by atoms with Gasteiger partial charge in [0.05, 0.1) is 0 Å². The molecule has 0 saturated carbocycles. The summed E-state index contributed by atoms with van der Waals surface area (Å²) in [4.78, 5) is 2.19. The van der Waals surface area contributed by atoms with Crippen LogP contribution in [0.2, 0.25) is 0 Å². The second kappa shape index (κ2) is 8.18. The van der Waals surface area contributed by atoms with E-state index in [0.717, 1.165) is 36.3 Å². The molecule has 0 bridgehead atoms. The van der Waals surface area contributed by atoms with Crippen molar-refractivity contribution in [2.75, 3.05) is 13.1 Å². The average molecular weight is 278 g/mol. The van der Waals surface area contributed by atoms with Crippen molar-refractivity contribution in [3.63, 3.8) is 0 Å². The first kappa shape index (κ1) is 16.9. The molecular formula is C17H27FN2. The summed E-state index contributed by atoms with van der Waals surface area (Å²) in [6.45, 7) is 15.3. The van der Waals surface area contributed by atoms with Gasteiger partial charge in [-0.25, -0.2) is 4.39 Å². The summed E-state index contributed by atoms with van der Waals surface area (Å²) in [6.07, 6.45) is 0. The molecule has 112 valence electrons. The van der Waals surface area contributed by atoms with Gasteiger partial charge < -0.3 is 5.32 Å². The highest BCUT2D eigenvalue weighted by atomic mass is 19.1. The lowest BCUT2D eigenvalue weighted by molar-refractivity contribution is 0.299. The van der Waals surface area contributed by atoms with Gasteiger partial charge in [-0.05, 0) is 25.1 Å². The Labute approximate surface area is 122 Å². The van der Waals surface area contributed by atoms with Gasteiger partial charge in [0.15, 0.2) is 0 Å². The summed E-state index contributed by atoms with van der Waals surface area (Å²) in [5.74, 6) is -0.126. The average Bonchev–Trinajstić information content (AvgIpc) is 2.38. The lowest BCUT2D eigenvalue weighted by Crippen LogP contribution is -2.25. The van der Waals surface area contributed by atoms with Crippen LogP contribution in [-0.4, -0.2) is 24.0 Å². The third-order valence-electron chi connectivity index (χ3n) is 3.16. The maximum atomic E-state index is 13.9. The maximum Gasteiger partial charge on any atom is 0.127 e. The number of benzene rings is 1. The zero-order valence-corrected chi connectivity index (χ0v) is 13.2. The van der Waals surface area contributed by atoms with Crippen LogP contribution in [-0.2, 0) is 13.1 Å². The van der Waals surface area contributed by atoms with Crippen LogP contribution in [0.25, 0.3) is 0 Å². The number of nitrogens with one attached hydrogen (secondary N) is 1. The van der Waals surface area contributed by atoms with E-state index >= 15 is 0 Å². The monoisotopic (exact) mass is 278 g/mol. The second-order valence-corrected chi connectivity index (χ2v) is 5.72. The zero-order valence-electron chi connectivity index (χ0n) is 13.2. The minimum atomic E-state index is -0.126. The van der Waals surface area contributed by atoms with Crippen LogP contribution in [0.15, 0.2) is 30.4 Å². The summed E-state index contributed by atoms with van der Waals surface area (Å²) in [5.41, 5.74) is 2.99. The molecule has 0 heterocycles. The molecule has 0 fully saturated rings. The number of likely N-dealkylation sites (N-methyl/N-ethyl adjacent to an activating group) is 1. The van der Waals surface area contributed by atoms with Gasteiger partial charge in [-0.15, -0.1) is 0 Å². The van der Waals surface area contributed by atoms with E-state index in [4.69, 9.17) is 0 Å². The Kier molecular flexibility index (Phi) is 6.89. The van der Waals surface area contributed by atoms with E-state index in [0.29, 0.717) is 12.6 Å². The number of rotatable bonds is 8. The minimum Gasteiger partial charge on any atom is -0.310 e. The largest absolute Gasteiger partial charge is 0.310 e. The van der Waals surface area contributed by atoms with E-state index in [9.17, 15) is 4.39 Å². The van der Waals surface area contributed by atoms with Gasteiger partial charge in [0.25, 0.3) is 0 Å². The quantitative estimate of drug-likeness (QED) is 0.729. The molecule has 0 amide bonds. The van der Waals surface area contributed by atoms with Gasteiger partial charge in [-0.2, -0.15) is 0 Å². The molecule has 0 aromatic heterocycles. The Morgan fingerprint density at radius 2 is 2.10 bits per heavy atom. The van der Waals surface area contributed by atoms with Gasteiger partial charge in [0, 0.05) is 31.2 Å². The molecule has 2 nitrogen and oxygen atoms in total. The third kappa shape index (κ3) is 5.85. The van der Waals surface area contributed by atoms with Crippen LogP contribution in [0.5, 0.6) is 0 Å². The van der Waals surface area contributed by atoms with E-state index in [1.54, 1.807) is 6.07 Å². The summed E-state index contributed by atoms with van der Waals surface area (Å²) >= 11 is 0. The molecule has 1 rings (SSSR count). The van der Waals surface area contributed by atoms with Crippen LogP contribution in [0.3, 0.4) is 0 Å². The number of halogens is 1. The summed E-state index contributed by atoms with van der Waals surface area (Å²) in [5, 5.41) is 3.36. The van der Waals surface area contributed by atoms with Crippen molar-refractivity contribution in [1.29, 1.82) is 0 Å². The minimum absolute atomic E-state index is 0.126. The van der Waals surface area contributed by atoms with Crippen molar-refractivity contribution in [2.24, 2.45) is 0 Å². The highest BCUT2D eigenvalue weighted by Crippen LogP contribution is 2.14. The Morgan fingerprint density at radius 3 is 2.65 bits per heavy atom. The molecule has 3 heteroatoms. The summed E-state index contributed by atoms with van der Waals surface area (Å²) in [6, 6.07) is 5.81. The molecular weight excluding hydrogens is 251 g/mol. The Bertz CT molecular complexity index is 441. The molecule has 20 heavy (non-hydrogen) atoms. The Balaban J connectivity index is 2.76. The molecule has 0 aliphatic heterocycles. The molecule has 0 saturated heterocycles. The predicted octanol–water partition coefficient (Wildman–Crippen LogP) is 3.72. The third-order valence-corrected chi connectivity index (χ3v) is 3.16. The van der Waals surface area contributed by atoms with Crippen molar-refractivity contribution < 1.29 is 4.39 Å². The Morgan fingerprint density at radius 1 is 1.40 bits per heavy atom. The smallest absolute Gasteiger partial charge is 0.127 e. The van der Waals surface area contributed by atoms with E-state index in [-0.39, 0.29) is 5.82 Å². The normalized spacial score (nSPS) is 11.3. The molecule has 0 aliphatic carbocycles. The fourth-order valence-corrected chi connectivity index (χ4v) is 2.08. The fraction of sp³-hybridized carbons (Fsp3) is 0.529. The SMILES string of the molecule is C=C(C)CN(CC)Cc1cc(CNC(C)C)ccc1F. The zero-order chi connectivity index (χ0) is 15.1. The molecule has 0 aliphatic rings. The van der Waals surface area contributed by atoms with Crippen LogP contribution >= 0.6 is 0 Å². The number of hydrogen-bond acceptors (Lipinski definition) is 2. The van der Waals surface area contributed by atoms with Crippen molar-refractivity contribution in [1.82, 2.24) is 10.2 Å². The molecule has 0 radical (unpaired) electrons. The first-order chi connectivity index (χ1) is 9.42. The van der Waals surface area contributed by atoms with Gasteiger partial charge in [0.2, 0.25) is 0 Å². The van der Waals surface area contributed by atoms with Crippen molar-refractivity contribution in [3.05, 3.63) is 47.3 Å². The highest BCUT2D eigenvalue weighted by molar-refractivity contribution is 5.25. The van der Waals surface area contributed by atoms with Crippen molar-refractivity contribution in [3.8, 4) is 0 Å². The topological polar surface area (TPSA) is 15.3 Å². The molecule has 0 atom stereocenters. The molecule has 0 spiro atoms. The van der Waals surface area contributed by atoms with Gasteiger partial charge in [0.1, 0.15) is 5.82 Å². The van der Waals surface area contributed by atoms with Gasteiger partial charge in [-0.1, -0.05) is 45.1 Å². The number of nitrogens with zero attached hydrogens (tertiary/aromatic N) is 1. The van der Waals surface area contributed by atoms with Crippen LogP contribution in [0, 0.1) is 5.82 Å². The van der Waals surface area contributed by atoms with Crippen LogP contribution in [0.1, 0.15) is 38.8 Å². The lowest BCUT2D eigenvalue weighted by Gasteiger charge is -2.21. The highest BCUT2D eigenvalue weighted by Gasteiger charge is 2.09. The van der Waals surface area contributed by atoms with Crippen molar-refractivity contribution in [2.45, 2.75) is 46.8 Å². The summed E-state index contributed by atoms with van der Waals surface area (Å²) < 4.78 is 13.9. The first-order valence-electron chi connectivity index (χ1n) is 7.29. The standard InChI is InChI=1S/C17H27FN2/c1-6-20(11-13(2)3)12-16-9-15(7-8-17(16)18)10-19-14(4)5/h7-9,14,19H,2,6,10-12H2,1,3-5H3. The predicted molar refractivity (Wildman–Crippen MR) is 84.1 cm³/mol. The van der Waals surface area contributed by atoms with Gasteiger partial charge >= 0.3 is 0 Å². The number of hydrogen-bond donors (Lipinski definition) is 1. The lowest BCUT2D eigenvalue weighted by atomic mass is 10.1. The molecule has 1 aromatic rings. The second-order valence-electron chi connectivity index (χ2n) is 5.72. The van der Waals surface area contributed by atoms with E-state index in [1.165, 1.54) is 0 Å². The summed E-state index contributed by atoms with van der Waals surface area (Å²) in [7, 11) is 0. The fourth-order valence-electron chi connectivity index (χ4n) is 2.08. The first-order valence-corrected chi connectivity index (χ1v) is 7.29. The molecule has 1 N–H and O–H groups in total. The van der Waals surface area contributed by atoms with Gasteiger partial charge in [-0.3, -0.25) is 4.90 Å². The van der Waals surface area contributed by atoms with E-state index in [2.05, 4.69) is 37.6 Å².